The highest BCUT2D eigenvalue weighted by Crippen LogP contribution is 2.13. The van der Waals surface area contributed by atoms with Crippen molar-refractivity contribution >= 4 is 31.3 Å². The minimum absolute atomic E-state index is 0.169. The first-order valence-corrected chi connectivity index (χ1v) is 9.70. The maximum Gasteiger partial charge on any atom is 0.155 e. The summed E-state index contributed by atoms with van der Waals surface area (Å²) in [6, 6.07) is 6.46. The second-order valence-electron chi connectivity index (χ2n) is 4.63. The number of benzene rings is 1. The smallest absolute Gasteiger partial charge is 0.155 e. The summed E-state index contributed by atoms with van der Waals surface area (Å²) in [4.78, 5) is 0. The number of hydrogen-bond donors (Lipinski definition) is 0. The van der Waals surface area contributed by atoms with Crippen molar-refractivity contribution in [1.82, 2.24) is 0 Å². The zero-order valence-corrected chi connectivity index (χ0v) is 13.2. The second-order valence-corrected chi connectivity index (χ2v) is 9.93. The fourth-order valence-electron chi connectivity index (χ4n) is 1.39. The lowest BCUT2D eigenvalue weighted by Gasteiger charge is -2.08. The largest absolute Gasteiger partial charge is 0.229 e. The summed E-state index contributed by atoms with van der Waals surface area (Å²) in [5, 5.41) is -0.0261. The van der Waals surface area contributed by atoms with Crippen molar-refractivity contribution in [2.24, 2.45) is 0 Å². The van der Waals surface area contributed by atoms with E-state index in [-0.39, 0.29) is 17.3 Å². The predicted octanol–water partition coefficient (Wildman–Crippen LogP) is 2.08. The molecule has 108 valence electrons. The Labute approximate surface area is 119 Å². The first-order valence-electron chi connectivity index (χ1n) is 5.79. The highest BCUT2D eigenvalue weighted by Gasteiger charge is 2.21. The van der Waals surface area contributed by atoms with Crippen molar-refractivity contribution in [1.29, 1.82) is 0 Å². The van der Waals surface area contributed by atoms with E-state index >= 15 is 0 Å². The Bertz CT molecular complexity index is 616. The first kappa shape index (κ1) is 16.5. The van der Waals surface area contributed by atoms with E-state index in [4.69, 9.17) is 11.6 Å². The van der Waals surface area contributed by atoms with Gasteiger partial charge >= 0.3 is 0 Å². The van der Waals surface area contributed by atoms with Crippen LogP contribution in [0.1, 0.15) is 19.4 Å². The lowest BCUT2D eigenvalue weighted by molar-refractivity contribution is 0.582. The van der Waals surface area contributed by atoms with Gasteiger partial charge in [-0.05, 0) is 31.5 Å². The van der Waals surface area contributed by atoms with E-state index < -0.39 is 24.9 Å². The van der Waals surface area contributed by atoms with Gasteiger partial charge in [0, 0.05) is 5.02 Å². The van der Waals surface area contributed by atoms with Crippen LogP contribution in [0.2, 0.25) is 5.02 Å². The van der Waals surface area contributed by atoms with E-state index in [1.807, 2.05) is 0 Å². The standard InChI is InChI=1S/C12H17ClO4S2/c1-10(2)19(16,17)8-7-18(14,15)9-11-3-5-12(13)6-4-11/h3-6,10H,7-9H2,1-2H3. The molecule has 0 unspecified atom stereocenters. The van der Waals surface area contributed by atoms with Gasteiger partial charge in [0.15, 0.2) is 19.7 Å². The SMILES string of the molecule is CC(C)S(=O)(=O)CCS(=O)(=O)Cc1ccc(Cl)cc1. The molecule has 0 fully saturated rings. The van der Waals surface area contributed by atoms with Gasteiger partial charge in [0.05, 0.1) is 22.5 Å². The van der Waals surface area contributed by atoms with Crippen LogP contribution in [0.15, 0.2) is 24.3 Å². The summed E-state index contributed by atoms with van der Waals surface area (Å²) in [6.07, 6.45) is 0. The molecular weight excluding hydrogens is 308 g/mol. The molecule has 4 nitrogen and oxygen atoms in total. The zero-order chi connectivity index (χ0) is 14.7. The fourth-order valence-corrected chi connectivity index (χ4v) is 4.77. The highest BCUT2D eigenvalue weighted by molar-refractivity contribution is 7.95. The fraction of sp³-hybridized carbons (Fsp3) is 0.500. The number of rotatable bonds is 6. The molecule has 1 aromatic rings. The van der Waals surface area contributed by atoms with Gasteiger partial charge in [0.1, 0.15) is 0 Å². The zero-order valence-electron chi connectivity index (χ0n) is 10.8. The maximum absolute atomic E-state index is 11.9. The molecule has 0 aliphatic rings. The summed E-state index contributed by atoms with van der Waals surface area (Å²) in [6.45, 7) is 3.09. The van der Waals surface area contributed by atoms with Crippen LogP contribution in [0.3, 0.4) is 0 Å². The van der Waals surface area contributed by atoms with Crippen molar-refractivity contribution in [2.45, 2.75) is 24.9 Å². The average molecular weight is 325 g/mol. The Morgan fingerprint density at radius 3 is 2.00 bits per heavy atom. The molecule has 0 saturated heterocycles. The van der Waals surface area contributed by atoms with Crippen molar-refractivity contribution < 1.29 is 16.8 Å². The van der Waals surface area contributed by atoms with E-state index in [1.54, 1.807) is 38.1 Å². The van der Waals surface area contributed by atoms with Gasteiger partial charge in [-0.25, -0.2) is 16.8 Å². The molecular formula is C12H17ClO4S2. The van der Waals surface area contributed by atoms with E-state index in [9.17, 15) is 16.8 Å². The van der Waals surface area contributed by atoms with Crippen LogP contribution >= 0.6 is 11.6 Å². The predicted molar refractivity (Wildman–Crippen MR) is 77.9 cm³/mol. The third-order valence-electron chi connectivity index (χ3n) is 2.70. The van der Waals surface area contributed by atoms with Crippen molar-refractivity contribution in [3.05, 3.63) is 34.9 Å². The Balaban J connectivity index is 2.70. The van der Waals surface area contributed by atoms with Gasteiger partial charge in [0.2, 0.25) is 0 Å². The van der Waals surface area contributed by atoms with E-state index in [2.05, 4.69) is 0 Å². The van der Waals surface area contributed by atoms with Gasteiger partial charge in [-0.15, -0.1) is 0 Å². The number of hydrogen-bond acceptors (Lipinski definition) is 4. The van der Waals surface area contributed by atoms with E-state index in [0.29, 0.717) is 10.6 Å². The third kappa shape index (κ3) is 5.50. The molecule has 0 aliphatic carbocycles. The molecule has 0 radical (unpaired) electrons. The summed E-state index contributed by atoms with van der Waals surface area (Å²) < 4.78 is 46.9. The molecule has 0 atom stereocenters. The van der Waals surface area contributed by atoms with Crippen molar-refractivity contribution in [2.75, 3.05) is 11.5 Å². The first-order chi connectivity index (χ1) is 8.62. The third-order valence-corrected chi connectivity index (χ3v) is 7.02. The van der Waals surface area contributed by atoms with E-state index in [1.165, 1.54) is 0 Å². The summed E-state index contributed by atoms with van der Waals surface area (Å²) >= 11 is 5.71. The number of halogens is 1. The van der Waals surface area contributed by atoms with Gasteiger partial charge in [-0.2, -0.15) is 0 Å². The van der Waals surface area contributed by atoms with Crippen LogP contribution in [0.4, 0.5) is 0 Å². The minimum atomic E-state index is -3.44. The molecule has 0 aliphatic heterocycles. The van der Waals surface area contributed by atoms with Crippen LogP contribution in [-0.4, -0.2) is 33.6 Å². The molecule has 0 spiro atoms. The molecule has 0 N–H and O–H groups in total. The molecule has 19 heavy (non-hydrogen) atoms. The molecule has 0 saturated carbocycles. The Hall–Kier alpha value is -0.590. The Kier molecular flexibility index (Phi) is 5.41. The Morgan fingerprint density at radius 2 is 1.53 bits per heavy atom. The second kappa shape index (κ2) is 6.24. The molecule has 1 rings (SSSR count). The molecule has 0 amide bonds. The van der Waals surface area contributed by atoms with Crippen molar-refractivity contribution in [3.8, 4) is 0 Å². The quantitative estimate of drug-likeness (QED) is 0.803. The van der Waals surface area contributed by atoms with Crippen LogP contribution in [-0.2, 0) is 25.4 Å². The van der Waals surface area contributed by atoms with E-state index in [0.717, 1.165) is 0 Å². The van der Waals surface area contributed by atoms with Gasteiger partial charge in [-0.1, -0.05) is 23.7 Å². The molecule has 0 bridgehead atoms. The molecule has 0 aromatic heterocycles. The van der Waals surface area contributed by atoms with Gasteiger partial charge in [0.25, 0.3) is 0 Å². The summed E-state index contributed by atoms with van der Waals surface area (Å²) in [5.41, 5.74) is 0.603. The topological polar surface area (TPSA) is 68.3 Å². The number of sulfone groups is 2. The lowest BCUT2D eigenvalue weighted by Crippen LogP contribution is -2.24. The highest BCUT2D eigenvalue weighted by atomic mass is 35.5. The summed E-state index contributed by atoms with van der Waals surface area (Å²) in [7, 11) is -6.77. The Morgan fingerprint density at radius 1 is 1.00 bits per heavy atom. The van der Waals surface area contributed by atoms with Crippen LogP contribution in [0, 0.1) is 0 Å². The average Bonchev–Trinajstić information content (AvgIpc) is 2.30. The van der Waals surface area contributed by atoms with Crippen LogP contribution in [0.5, 0.6) is 0 Å². The maximum atomic E-state index is 11.9. The molecule has 1 aromatic carbocycles. The summed E-state index contributed by atoms with van der Waals surface area (Å²) in [5.74, 6) is -0.853. The van der Waals surface area contributed by atoms with Gasteiger partial charge in [-0.3, -0.25) is 0 Å². The monoisotopic (exact) mass is 324 g/mol. The minimum Gasteiger partial charge on any atom is -0.229 e. The van der Waals surface area contributed by atoms with Gasteiger partial charge < -0.3 is 0 Å². The lowest BCUT2D eigenvalue weighted by atomic mass is 10.2. The molecule has 0 heterocycles. The van der Waals surface area contributed by atoms with Crippen LogP contribution < -0.4 is 0 Å². The van der Waals surface area contributed by atoms with Crippen molar-refractivity contribution in [3.63, 3.8) is 0 Å². The molecule has 7 heteroatoms. The van der Waals surface area contributed by atoms with Crippen LogP contribution in [0.25, 0.3) is 0 Å². The normalized spacial score (nSPS) is 12.8.